The van der Waals surface area contributed by atoms with Crippen LogP contribution in [0.3, 0.4) is 0 Å². The number of carbonyl (C=O) groups is 1. The largest absolute Gasteiger partial charge is 0.352 e. The van der Waals surface area contributed by atoms with E-state index < -0.39 is 10.0 Å². The predicted molar refractivity (Wildman–Crippen MR) is 110 cm³/mol. The molecule has 2 aromatic rings. The SMILES string of the molecule is CCCCn1nc(C)c(/C=C/C(=O)NCCc2ccc(S(N)(=O)=O)cc2)c1Cl. The van der Waals surface area contributed by atoms with Gasteiger partial charge in [0.25, 0.3) is 0 Å². The Bertz CT molecular complexity index is 950. The number of hydrogen-bond acceptors (Lipinski definition) is 4. The Morgan fingerprint density at radius 2 is 2.00 bits per heavy atom. The first kappa shape index (κ1) is 22.1. The molecule has 0 saturated heterocycles. The van der Waals surface area contributed by atoms with Crippen LogP contribution in [0.1, 0.15) is 36.6 Å². The Morgan fingerprint density at radius 3 is 2.61 bits per heavy atom. The first-order valence-electron chi connectivity index (χ1n) is 9.03. The predicted octanol–water partition coefficient (Wildman–Crippen LogP) is 2.66. The van der Waals surface area contributed by atoms with Gasteiger partial charge in [-0.15, -0.1) is 0 Å². The number of halogens is 1. The smallest absolute Gasteiger partial charge is 0.244 e. The topological polar surface area (TPSA) is 107 Å². The molecule has 0 radical (unpaired) electrons. The molecule has 152 valence electrons. The summed E-state index contributed by atoms with van der Waals surface area (Å²) < 4.78 is 24.2. The van der Waals surface area contributed by atoms with Crippen molar-refractivity contribution in [3.05, 3.63) is 52.3 Å². The van der Waals surface area contributed by atoms with E-state index in [-0.39, 0.29) is 10.8 Å². The minimum Gasteiger partial charge on any atom is -0.352 e. The number of carbonyl (C=O) groups excluding carboxylic acids is 1. The van der Waals surface area contributed by atoms with Gasteiger partial charge >= 0.3 is 0 Å². The second-order valence-electron chi connectivity index (χ2n) is 6.43. The van der Waals surface area contributed by atoms with Gasteiger partial charge in [-0.2, -0.15) is 5.10 Å². The molecule has 28 heavy (non-hydrogen) atoms. The second kappa shape index (κ2) is 9.86. The van der Waals surface area contributed by atoms with E-state index in [0.717, 1.165) is 36.2 Å². The van der Waals surface area contributed by atoms with Crippen molar-refractivity contribution in [2.75, 3.05) is 6.54 Å². The van der Waals surface area contributed by atoms with Gasteiger partial charge in [0.15, 0.2) is 0 Å². The Hall–Kier alpha value is -2.16. The number of sulfonamides is 1. The van der Waals surface area contributed by atoms with Gasteiger partial charge in [-0.05, 0) is 43.5 Å². The molecule has 9 heteroatoms. The van der Waals surface area contributed by atoms with E-state index in [4.69, 9.17) is 16.7 Å². The molecule has 0 aliphatic carbocycles. The minimum atomic E-state index is -3.69. The summed E-state index contributed by atoms with van der Waals surface area (Å²) in [5.41, 5.74) is 2.42. The number of aromatic nitrogens is 2. The summed E-state index contributed by atoms with van der Waals surface area (Å²) >= 11 is 6.34. The van der Waals surface area contributed by atoms with Crippen LogP contribution in [0.5, 0.6) is 0 Å². The summed E-state index contributed by atoms with van der Waals surface area (Å²) in [6, 6.07) is 6.26. The van der Waals surface area contributed by atoms with Gasteiger partial charge in [-0.1, -0.05) is 37.1 Å². The summed E-state index contributed by atoms with van der Waals surface area (Å²) in [7, 11) is -3.69. The van der Waals surface area contributed by atoms with E-state index in [1.807, 2.05) is 6.92 Å². The van der Waals surface area contributed by atoms with E-state index >= 15 is 0 Å². The molecule has 0 saturated carbocycles. The lowest BCUT2D eigenvalue weighted by molar-refractivity contribution is -0.116. The average molecular weight is 425 g/mol. The number of primary sulfonamides is 1. The molecule has 0 bridgehead atoms. The highest BCUT2D eigenvalue weighted by Crippen LogP contribution is 2.21. The van der Waals surface area contributed by atoms with Gasteiger partial charge in [0, 0.05) is 24.7 Å². The quantitative estimate of drug-likeness (QED) is 0.603. The fourth-order valence-electron chi connectivity index (χ4n) is 2.61. The van der Waals surface area contributed by atoms with Gasteiger partial charge in [-0.25, -0.2) is 13.6 Å². The summed E-state index contributed by atoms with van der Waals surface area (Å²) in [4.78, 5) is 12.1. The zero-order valence-corrected chi connectivity index (χ0v) is 17.6. The van der Waals surface area contributed by atoms with Crippen molar-refractivity contribution in [2.24, 2.45) is 5.14 Å². The van der Waals surface area contributed by atoms with Gasteiger partial charge < -0.3 is 5.32 Å². The van der Waals surface area contributed by atoms with Crippen LogP contribution in [-0.4, -0.2) is 30.7 Å². The molecule has 7 nitrogen and oxygen atoms in total. The molecule has 0 unspecified atom stereocenters. The van der Waals surface area contributed by atoms with Gasteiger partial charge in [0.1, 0.15) is 5.15 Å². The second-order valence-corrected chi connectivity index (χ2v) is 8.35. The highest BCUT2D eigenvalue weighted by Gasteiger charge is 2.11. The Kier molecular flexibility index (Phi) is 7.79. The summed E-state index contributed by atoms with van der Waals surface area (Å²) in [5.74, 6) is -0.238. The Labute approximate surface area is 170 Å². The Balaban J connectivity index is 1.88. The van der Waals surface area contributed by atoms with E-state index in [1.165, 1.54) is 18.2 Å². The summed E-state index contributed by atoms with van der Waals surface area (Å²) in [6.45, 7) is 5.13. The van der Waals surface area contributed by atoms with Crippen molar-refractivity contribution < 1.29 is 13.2 Å². The number of rotatable bonds is 9. The lowest BCUT2D eigenvalue weighted by atomic mass is 10.1. The summed E-state index contributed by atoms with van der Waals surface area (Å²) in [5, 5.41) is 12.8. The maximum absolute atomic E-state index is 12.0. The van der Waals surface area contributed by atoms with Gasteiger partial charge in [-0.3, -0.25) is 9.48 Å². The van der Waals surface area contributed by atoms with Crippen molar-refractivity contribution >= 4 is 33.6 Å². The van der Waals surface area contributed by atoms with Gasteiger partial charge in [0.2, 0.25) is 15.9 Å². The molecular formula is C19H25ClN4O3S. The first-order valence-corrected chi connectivity index (χ1v) is 11.0. The van der Waals surface area contributed by atoms with E-state index in [2.05, 4.69) is 17.3 Å². The number of nitrogens with one attached hydrogen (secondary N) is 1. The number of aryl methyl sites for hydroxylation is 2. The Morgan fingerprint density at radius 1 is 1.32 bits per heavy atom. The lowest BCUT2D eigenvalue weighted by Crippen LogP contribution is -2.23. The molecule has 1 aromatic heterocycles. The molecule has 0 spiro atoms. The van der Waals surface area contributed by atoms with Crippen LogP contribution < -0.4 is 10.5 Å². The first-order chi connectivity index (χ1) is 13.2. The molecular weight excluding hydrogens is 400 g/mol. The van der Waals surface area contributed by atoms with Crippen LogP contribution in [0.2, 0.25) is 5.15 Å². The third-order valence-electron chi connectivity index (χ3n) is 4.20. The molecule has 3 N–H and O–H groups in total. The molecule has 1 amide bonds. The van der Waals surface area contributed by atoms with E-state index in [9.17, 15) is 13.2 Å². The third kappa shape index (κ3) is 6.19. The number of nitrogens with two attached hydrogens (primary N) is 1. The lowest BCUT2D eigenvalue weighted by Gasteiger charge is -2.04. The molecule has 2 rings (SSSR count). The van der Waals surface area contributed by atoms with Crippen LogP contribution in [0.25, 0.3) is 6.08 Å². The van der Waals surface area contributed by atoms with Crippen molar-refractivity contribution in [2.45, 2.75) is 44.6 Å². The van der Waals surface area contributed by atoms with Crippen molar-refractivity contribution in [1.29, 1.82) is 0 Å². The molecule has 0 aliphatic heterocycles. The fourth-order valence-corrected chi connectivity index (χ4v) is 3.44. The van der Waals surface area contributed by atoms with E-state index in [1.54, 1.807) is 22.9 Å². The average Bonchev–Trinajstić information content (AvgIpc) is 2.91. The highest BCUT2D eigenvalue weighted by molar-refractivity contribution is 7.89. The maximum atomic E-state index is 12.0. The molecule has 0 atom stereocenters. The zero-order valence-electron chi connectivity index (χ0n) is 16.0. The van der Waals surface area contributed by atoms with E-state index in [0.29, 0.717) is 18.1 Å². The third-order valence-corrected chi connectivity index (χ3v) is 5.53. The van der Waals surface area contributed by atoms with Crippen LogP contribution >= 0.6 is 11.6 Å². The molecule has 1 aromatic carbocycles. The van der Waals surface area contributed by atoms with Crippen LogP contribution in [-0.2, 0) is 27.8 Å². The number of nitrogens with zero attached hydrogens (tertiary/aromatic N) is 2. The number of hydrogen-bond donors (Lipinski definition) is 2. The van der Waals surface area contributed by atoms with Gasteiger partial charge in [0.05, 0.1) is 10.6 Å². The van der Waals surface area contributed by atoms with Crippen LogP contribution in [0, 0.1) is 6.92 Å². The van der Waals surface area contributed by atoms with Crippen LogP contribution in [0.4, 0.5) is 0 Å². The number of benzene rings is 1. The summed E-state index contributed by atoms with van der Waals surface area (Å²) in [6.07, 6.45) is 5.71. The minimum absolute atomic E-state index is 0.0648. The molecule has 0 fully saturated rings. The fraction of sp³-hybridized carbons (Fsp3) is 0.368. The number of amides is 1. The zero-order chi connectivity index (χ0) is 20.7. The monoisotopic (exact) mass is 424 g/mol. The highest BCUT2D eigenvalue weighted by atomic mass is 35.5. The van der Waals surface area contributed by atoms with Crippen molar-refractivity contribution in [1.82, 2.24) is 15.1 Å². The van der Waals surface area contributed by atoms with Crippen molar-refractivity contribution in [3.63, 3.8) is 0 Å². The normalized spacial score (nSPS) is 11.9. The van der Waals surface area contributed by atoms with Crippen LogP contribution in [0.15, 0.2) is 35.2 Å². The van der Waals surface area contributed by atoms with Crippen molar-refractivity contribution in [3.8, 4) is 0 Å². The molecule has 1 heterocycles. The standard InChI is InChI=1S/C19H25ClN4O3S/c1-3-4-13-24-19(20)17(14(2)23-24)9-10-18(25)22-12-11-15-5-7-16(8-6-15)28(21,26)27/h5-10H,3-4,11-13H2,1-2H3,(H,22,25)(H2,21,26,27)/b10-9+. The molecule has 0 aliphatic rings. The number of unbranched alkanes of at least 4 members (excludes halogenated alkanes) is 1. The maximum Gasteiger partial charge on any atom is 0.244 e.